The quantitative estimate of drug-likeness (QED) is 0.813. The molecule has 1 aromatic rings. The number of nitrogens with two attached hydrogens (primary N) is 1. The van der Waals surface area contributed by atoms with E-state index < -0.39 is 0 Å². The van der Waals surface area contributed by atoms with Gasteiger partial charge in [0.1, 0.15) is 12.4 Å². The molecule has 1 atom stereocenters. The van der Waals surface area contributed by atoms with Crippen molar-refractivity contribution in [3.8, 4) is 5.75 Å². The van der Waals surface area contributed by atoms with Crippen LogP contribution >= 0.6 is 0 Å². The van der Waals surface area contributed by atoms with Crippen LogP contribution in [0, 0.1) is 0 Å². The van der Waals surface area contributed by atoms with Gasteiger partial charge in [-0.05, 0) is 51.6 Å². The highest BCUT2D eigenvalue weighted by Gasteiger charge is 2.20. The van der Waals surface area contributed by atoms with Crippen LogP contribution in [-0.4, -0.2) is 43.6 Å². The van der Waals surface area contributed by atoms with E-state index in [4.69, 9.17) is 10.5 Å². The number of likely N-dealkylation sites (N-methyl/N-ethyl adjacent to an activating group) is 1. The van der Waals surface area contributed by atoms with Gasteiger partial charge in [-0.1, -0.05) is 6.42 Å². The third-order valence-corrected chi connectivity index (χ3v) is 3.97. The Morgan fingerprint density at radius 2 is 2.29 bits per heavy atom. The number of rotatable bonds is 5. The van der Waals surface area contributed by atoms with Crippen molar-refractivity contribution in [1.82, 2.24) is 10.2 Å². The summed E-state index contributed by atoms with van der Waals surface area (Å²) in [6.45, 7) is 4.22. The lowest BCUT2D eigenvalue weighted by Gasteiger charge is -2.32. The summed E-state index contributed by atoms with van der Waals surface area (Å²) in [5.74, 6) is 0.495. The SMILES string of the molecule is CCNC(=O)c1ccc(N)c(OCC2CCCCN2C)c1. The summed E-state index contributed by atoms with van der Waals surface area (Å²) in [7, 11) is 2.13. The minimum absolute atomic E-state index is 0.0999. The fraction of sp³-hybridized carbons (Fsp3) is 0.562. The largest absolute Gasteiger partial charge is 0.490 e. The van der Waals surface area contributed by atoms with Crippen LogP contribution in [0.15, 0.2) is 18.2 Å². The topological polar surface area (TPSA) is 67.6 Å². The van der Waals surface area contributed by atoms with Gasteiger partial charge in [0.25, 0.3) is 5.91 Å². The molecule has 0 saturated carbocycles. The smallest absolute Gasteiger partial charge is 0.251 e. The predicted molar refractivity (Wildman–Crippen MR) is 84.6 cm³/mol. The van der Waals surface area contributed by atoms with Crippen LogP contribution in [-0.2, 0) is 0 Å². The Balaban J connectivity index is 2.01. The zero-order valence-electron chi connectivity index (χ0n) is 12.9. The number of benzene rings is 1. The van der Waals surface area contributed by atoms with Gasteiger partial charge in [0.05, 0.1) is 5.69 Å². The number of carbonyl (C=O) groups is 1. The first-order valence-electron chi connectivity index (χ1n) is 7.62. The Labute approximate surface area is 126 Å². The molecule has 1 aliphatic rings. The van der Waals surface area contributed by atoms with E-state index in [0.29, 0.717) is 36.2 Å². The van der Waals surface area contributed by atoms with E-state index >= 15 is 0 Å². The minimum Gasteiger partial charge on any atom is -0.490 e. The fourth-order valence-corrected chi connectivity index (χ4v) is 2.60. The Morgan fingerprint density at radius 3 is 3.00 bits per heavy atom. The summed E-state index contributed by atoms with van der Waals surface area (Å²) < 4.78 is 5.87. The molecule has 0 aromatic heterocycles. The molecule has 1 fully saturated rings. The fourth-order valence-electron chi connectivity index (χ4n) is 2.60. The predicted octanol–water partition coefficient (Wildman–Crippen LogP) is 1.88. The number of amides is 1. The number of hydrogen-bond acceptors (Lipinski definition) is 4. The van der Waals surface area contributed by atoms with Crippen LogP contribution < -0.4 is 15.8 Å². The van der Waals surface area contributed by atoms with Gasteiger partial charge in [-0.3, -0.25) is 4.79 Å². The van der Waals surface area contributed by atoms with E-state index in [2.05, 4.69) is 17.3 Å². The molecular weight excluding hydrogens is 266 g/mol. The Hall–Kier alpha value is -1.75. The summed E-state index contributed by atoms with van der Waals surface area (Å²) >= 11 is 0. The molecule has 0 aliphatic carbocycles. The molecule has 1 aromatic carbocycles. The zero-order valence-corrected chi connectivity index (χ0v) is 12.9. The maximum Gasteiger partial charge on any atom is 0.251 e. The Kier molecular flexibility index (Phi) is 5.44. The standard InChI is InChI=1S/C16H25N3O2/c1-3-18-16(20)12-7-8-14(17)15(10-12)21-11-13-6-4-5-9-19(13)2/h7-8,10,13H,3-6,9,11,17H2,1-2H3,(H,18,20). The highest BCUT2D eigenvalue weighted by Crippen LogP contribution is 2.24. The molecule has 2 rings (SSSR count). The molecule has 0 bridgehead atoms. The van der Waals surface area contributed by atoms with Gasteiger partial charge in [0.2, 0.25) is 0 Å². The van der Waals surface area contributed by atoms with Gasteiger partial charge < -0.3 is 20.7 Å². The van der Waals surface area contributed by atoms with Crippen molar-refractivity contribution in [2.45, 2.75) is 32.2 Å². The summed E-state index contributed by atoms with van der Waals surface area (Å²) in [6, 6.07) is 5.60. The van der Waals surface area contributed by atoms with E-state index in [-0.39, 0.29) is 5.91 Å². The van der Waals surface area contributed by atoms with E-state index in [1.807, 2.05) is 6.92 Å². The number of hydrogen-bond donors (Lipinski definition) is 2. The number of likely N-dealkylation sites (tertiary alicyclic amines) is 1. The monoisotopic (exact) mass is 291 g/mol. The summed E-state index contributed by atoms with van der Waals surface area (Å²) in [5, 5.41) is 2.78. The molecule has 5 heteroatoms. The lowest BCUT2D eigenvalue weighted by molar-refractivity contribution is 0.0954. The number of anilines is 1. The first kappa shape index (κ1) is 15.6. The molecule has 5 nitrogen and oxygen atoms in total. The second-order valence-corrected chi connectivity index (χ2v) is 5.55. The van der Waals surface area contributed by atoms with Crippen molar-refractivity contribution in [1.29, 1.82) is 0 Å². The molecular formula is C16H25N3O2. The minimum atomic E-state index is -0.0999. The van der Waals surface area contributed by atoms with Crippen molar-refractivity contribution in [3.05, 3.63) is 23.8 Å². The Bertz CT molecular complexity index is 490. The summed E-state index contributed by atoms with van der Waals surface area (Å²) in [6.07, 6.45) is 3.64. The third kappa shape index (κ3) is 4.11. The molecule has 116 valence electrons. The van der Waals surface area contributed by atoms with Gasteiger partial charge in [-0.2, -0.15) is 0 Å². The number of nitrogens with zero attached hydrogens (tertiary/aromatic N) is 1. The van der Waals surface area contributed by atoms with Gasteiger partial charge in [-0.25, -0.2) is 0 Å². The van der Waals surface area contributed by atoms with E-state index in [1.165, 1.54) is 12.8 Å². The van der Waals surface area contributed by atoms with Crippen molar-refractivity contribution in [3.63, 3.8) is 0 Å². The van der Waals surface area contributed by atoms with Gasteiger partial charge >= 0.3 is 0 Å². The lowest BCUT2D eigenvalue weighted by Crippen LogP contribution is -2.40. The highest BCUT2D eigenvalue weighted by molar-refractivity contribution is 5.95. The summed E-state index contributed by atoms with van der Waals surface area (Å²) in [5.41, 5.74) is 7.10. The van der Waals surface area contributed by atoms with Gasteiger partial charge in [0.15, 0.2) is 0 Å². The van der Waals surface area contributed by atoms with Crippen LogP contribution in [0.3, 0.4) is 0 Å². The number of carbonyl (C=O) groups excluding carboxylic acids is 1. The first-order chi connectivity index (χ1) is 10.1. The number of nitrogens with one attached hydrogen (secondary N) is 1. The van der Waals surface area contributed by atoms with Crippen molar-refractivity contribution < 1.29 is 9.53 Å². The average Bonchev–Trinajstić information content (AvgIpc) is 2.48. The van der Waals surface area contributed by atoms with Crippen LogP contribution in [0.1, 0.15) is 36.5 Å². The molecule has 1 aliphatic heterocycles. The third-order valence-electron chi connectivity index (χ3n) is 3.97. The Morgan fingerprint density at radius 1 is 1.48 bits per heavy atom. The average molecular weight is 291 g/mol. The van der Waals surface area contributed by atoms with E-state index in [0.717, 1.165) is 13.0 Å². The van der Waals surface area contributed by atoms with Crippen LogP contribution in [0.4, 0.5) is 5.69 Å². The maximum atomic E-state index is 11.9. The van der Waals surface area contributed by atoms with Crippen LogP contribution in [0.25, 0.3) is 0 Å². The van der Waals surface area contributed by atoms with E-state index in [1.54, 1.807) is 18.2 Å². The van der Waals surface area contributed by atoms with Crippen LogP contribution in [0.5, 0.6) is 5.75 Å². The molecule has 1 heterocycles. The molecule has 21 heavy (non-hydrogen) atoms. The van der Waals surface area contributed by atoms with Gasteiger partial charge in [0, 0.05) is 18.2 Å². The number of piperidine rings is 1. The molecule has 0 spiro atoms. The molecule has 0 radical (unpaired) electrons. The summed E-state index contributed by atoms with van der Waals surface area (Å²) in [4.78, 5) is 14.2. The van der Waals surface area contributed by atoms with Crippen LogP contribution in [0.2, 0.25) is 0 Å². The van der Waals surface area contributed by atoms with Crippen molar-refractivity contribution >= 4 is 11.6 Å². The van der Waals surface area contributed by atoms with Crippen molar-refractivity contribution in [2.24, 2.45) is 0 Å². The highest BCUT2D eigenvalue weighted by atomic mass is 16.5. The lowest BCUT2D eigenvalue weighted by atomic mass is 10.0. The normalized spacial score (nSPS) is 19.2. The van der Waals surface area contributed by atoms with E-state index in [9.17, 15) is 4.79 Å². The molecule has 3 N–H and O–H groups in total. The number of nitrogen functional groups attached to an aromatic ring is 1. The van der Waals surface area contributed by atoms with Gasteiger partial charge in [-0.15, -0.1) is 0 Å². The zero-order chi connectivity index (χ0) is 15.2. The maximum absolute atomic E-state index is 11.9. The van der Waals surface area contributed by atoms with Crippen molar-refractivity contribution in [2.75, 3.05) is 32.5 Å². The molecule has 1 saturated heterocycles. The second-order valence-electron chi connectivity index (χ2n) is 5.55. The molecule has 1 amide bonds. The first-order valence-corrected chi connectivity index (χ1v) is 7.62. The second kappa shape index (κ2) is 7.31. The molecule has 1 unspecified atom stereocenters. The number of ether oxygens (including phenoxy) is 1.